The predicted octanol–water partition coefficient (Wildman–Crippen LogP) is 11.3. The highest BCUT2D eigenvalue weighted by atomic mass is 33.4. The maximum Gasteiger partial charge on any atom is -0.00523 e. The Morgan fingerprint density at radius 1 is 0.632 bits per heavy atom. The molecule has 0 aliphatic rings. The van der Waals surface area contributed by atoms with Crippen LogP contribution in [0.1, 0.15) is 0 Å². The zero-order valence-corrected chi connectivity index (χ0v) is 29.1. The van der Waals surface area contributed by atoms with Crippen molar-refractivity contribution < 1.29 is 0 Å². The lowest BCUT2D eigenvalue weighted by molar-refractivity contribution is 4.51. The van der Waals surface area contributed by atoms with Crippen LogP contribution in [0.25, 0.3) is 0 Å². The molecule has 13 unspecified atom stereocenters. The van der Waals surface area contributed by atoms with E-state index in [9.17, 15) is 0 Å². The van der Waals surface area contributed by atoms with Gasteiger partial charge in [0.25, 0.3) is 0 Å². The zero-order valence-electron chi connectivity index (χ0n) is 9.70. The summed E-state index contributed by atoms with van der Waals surface area (Å²) in [4.78, 5) is 0. The van der Waals surface area contributed by atoms with Crippen molar-refractivity contribution in [2.75, 3.05) is 0 Å². The van der Waals surface area contributed by atoms with Crippen molar-refractivity contribution >= 4 is 153 Å². The standard InChI is InChI=1S/H19P19/c1-11-16(10)19(17(12(2)3)13(4)5)18(14(6)7)15(8)9/h1-2,11H,3-10H2/q-2. The van der Waals surface area contributed by atoms with Gasteiger partial charge >= 0.3 is 0 Å². The molecule has 0 saturated carbocycles. The number of hydrogen-bond acceptors (Lipinski definition) is 0. The van der Waals surface area contributed by atoms with Gasteiger partial charge in [0.2, 0.25) is 0 Å². The first-order chi connectivity index (χ1) is 8.64. The van der Waals surface area contributed by atoms with Crippen molar-refractivity contribution in [2.24, 2.45) is 0 Å². The van der Waals surface area contributed by atoms with Crippen molar-refractivity contribution in [2.45, 2.75) is 0 Å². The Balaban J connectivity index is 5.50. The molecule has 0 bridgehead atoms. The summed E-state index contributed by atoms with van der Waals surface area (Å²) in [6.07, 6.45) is 0. The highest BCUT2D eigenvalue weighted by Gasteiger charge is 2.37. The lowest BCUT2D eigenvalue weighted by Crippen LogP contribution is -1.55. The molecule has 0 saturated heterocycles. The van der Waals surface area contributed by atoms with Crippen LogP contribution in [-0.2, 0) is 0 Å². The summed E-state index contributed by atoms with van der Waals surface area (Å²) in [6, 6.07) is 0. The Labute approximate surface area is 152 Å². The van der Waals surface area contributed by atoms with Crippen LogP contribution in [0, 0.1) is 0 Å². The Bertz CT molecular complexity index is 188. The van der Waals surface area contributed by atoms with Gasteiger partial charge in [-0.25, -0.2) is 6.99 Å². The molecule has 0 spiro atoms. The molecule has 0 heterocycles. The van der Waals surface area contributed by atoms with E-state index in [0.29, 0.717) is 0 Å². The quantitative estimate of drug-likeness (QED) is 0.241. The molecule has 0 aliphatic carbocycles. The van der Waals surface area contributed by atoms with E-state index < -0.39 is 0 Å². The maximum absolute atomic E-state index is 4.01. The van der Waals surface area contributed by atoms with E-state index in [0.717, 1.165) is 7.96 Å². The van der Waals surface area contributed by atoms with E-state index in [2.05, 4.69) is 89.3 Å². The Morgan fingerprint density at radius 2 is 1.00 bits per heavy atom. The fourth-order valence-corrected chi connectivity index (χ4v) is 214. The monoisotopic (exact) mass is 608 g/mol. The normalized spacial score (nSPS) is 19.9. The van der Waals surface area contributed by atoms with Crippen molar-refractivity contribution in [3.8, 4) is 0 Å². The predicted molar refractivity (Wildman–Crippen MR) is 158 cm³/mol. The smallest absolute Gasteiger partial charge is 0.00523 e. The molecule has 0 amide bonds. The van der Waals surface area contributed by atoms with Crippen molar-refractivity contribution in [3.05, 3.63) is 0 Å². The first kappa shape index (κ1) is 27.2. The molecule has 19 heavy (non-hydrogen) atoms. The molecule has 0 nitrogen and oxygen atoms in total. The fraction of sp³-hybridized carbons (Fsp3) is 0. The molecular formula is H19P19-2. The first-order valence-electron chi connectivity index (χ1n) is 4.16. The molecule has 0 aromatic carbocycles. The fourth-order valence-electron chi connectivity index (χ4n) is 0.882. The van der Waals surface area contributed by atoms with Crippen LogP contribution in [0.5, 0.6) is 0 Å². The maximum atomic E-state index is 4.01. The van der Waals surface area contributed by atoms with Crippen molar-refractivity contribution in [1.82, 2.24) is 0 Å². The largest absolute Gasteiger partial charge is 0.524 e. The average Bonchev–Trinajstić information content (AvgIpc) is 2.24. The molecule has 0 aliphatic heterocycles. The van der Waals surface area contributed by atoms with Gasteiger partial charge in [-0.2, -0.15) is 0 Å². The summed E-state index contributed by atoms with van der Waals surface area (Å²) in [5.41, 5.74) is 0. The Morgan fingerprint density at radius 3 is 1.21 bits per heavy atom. The van der Waals surface area contributed by atoms with Gasteiger partial charge in [0.05, 0.1) is 0 Å². The highest BCUT2D eigenvalue weighted by Crippen LogP contribution is 3.28. The van der Waals surface area contributed by atoms with Gasteiger partial charge in [-0.15, -0.1) is 71.4 Å². The second-order valence-corrected chi connectivity index (χ2v) is 74.1. The SMILES string of the molecule is [PH-]PP(P)P(P(P([PH-])P)P(P)P)P(P(P)P)P(P)P. The average molecular weight is 608 g/mol. The van der Waals surface area contributed by atoms with E-state index in [1.54, 1.807) is 0 Å². The molecule has 13 atom stereocenters. The van der Waals surface area contributed by atoms with Crippen LogP contribution < -0.4 is 0 Å². The molecule has 116 valence electrons. The van der Waals surface area contributed by atoms with Gasteiger partial charge < -0.3 is 17.9 Å². The molecule has 0 aromatic heterocycles. The second-order valence-electron chi connectivity index (χ2n) is 2.75. The van der Waals surface area contributed by atoms with Crippen LogP contribution in [0.3, 0.4) is 0 Å². The summed E-state index contributed by atoms with van der Waals surface area (Å²) >= 11 is 0. The molecular weight excluding hydrogens is 589 g/mol. The van der Waals surface area contributed by atoms with Gasteiger partial charge in [-0.1, -0.05) is 6.99 Å². The molecule has 0 fully saturated rings. The van der Waals surface area contributed by atoms with Crippen LogP contribution in [0.4, 0.5) is 0 Å². The van der Waals surface area contributed by atoms with E-state index in [1.165, 1.54) is 0 Å². The third kappa shape index (κ3) is 10.5. The van der Waals surface area contributed by atoms with Crippen molar-refractivity contribution in [3.63, 3.8) is 0 Å². The second kappa shape index (κ2) is 15.1. The molecule has 0 N–H and O–H groups in total. The Kier molecular flexibility index (Phi) is 21.5. The van der Waals surface area contributed by atoms with Gasteiger partial charge in [-0.3, -0.25) is 7.96 Å². The summed E-state index contributed by atoms with van der Waals surface area (Å²) in [5, 5.41) is 0. The van der Waals surface area contributed by atoms with Crippen LogP contribution >= 0.6 is 153 Å². The minimum Gasteiger partial charge on any atom is -0.524 e. The molecule has 0 aromatic rings. The van der Waals surface area contributed by atoms with E-state index in [4.69, 9.17) is 0 Å². The lowest BCUT2D eigenvalue weighted by atomic mass is 28.6. The summed E-state index contributed by atoms with van der Waals surface area (Å²) in [6.45, 7) is 0.415. The summed E-state index contributed by atoms with van der Waals surface area (Å²) in [5.74, 6) is 0. The van der Waals surface area contributed by atoms with Crippen LogP contribution in [0.2, 0.25) is 0 Å². The first-order valence-corrected chi connectivity index (χ1v) is 37.5. The summed E-state index contributed by atoms with van der Waals surface area (Å²) in [7, 11) is 33.8. The van der Waals surface area contributed by atoms with Crippen molar-refractivity contribution in [1.29, 1.82) is 0 Å². The van der Waals surface area contributed by atoms with E-state index >= 15 is 0 Å². The van der Waals surface area contributed by atoms with Gasteiger partial charge in [0, 0.05) is 0 Å². The minimum atomic E-state index is -0.0743. The molecule has 0 radical (unpaired) electrons. The van der Waals surface area contributed by atoms with Gasteiger partial charge in [0.15, 0.2) is 0 Å². The zero-order chi connectivity index (χ0) is 15.3. The molecule has 19 heteroatoms. The molecule has 0 rings (SSSR count). The number of hydrogen-bond donors (Lipinski definition) is 0. The van der Waals surface area contributed by atoms with E-state index in [-0.39, 0.29) is 55.9 Å². The lowest BCUT2D eigenvalue weighted by Gasteiger charge is -2.48. The number of rotatable bonds is 8. The van der Waals surface area contributed by atoms with Gasteiger partial charge in [-0.05, 0) is 41.9 Å². The van der Waals surface area contributed by atoms with E-state index in [1.807, 2.05) is 0 Å². The van der Waals surface area contributed by atoms with Gasteiger partial charge in [0.1, 0.15) is 0 Å². The highest BCUT2D eigenvalue weighted by molar-refractivity contribution is 9.34. The minimum absolute atomic E-state index is 0.00905. The Hall–Kier alpha value is 8.17. The third-order valence-corrected chi connectivity index (χ3v) is 117. The van der Waals surface area contributed by atoms with Crippen LogP contribution in [0.15, 0.2) is 0 Å². The van der Waals surface area contributed by atoms with Crippen LogP contribution in [-0.4, -0.2) is 0 Å². The topological polar surface area (TPSA) is 0 Å². The summed E-state index contributed by atoms with van der Waals surface area (Å²) < 4.78 is 0. The third-order valence-electron chi connectivity index (χ3n) is 1.44.